The summed E-state index contributed by atoms with van der Waals surface area (Å²) in [5, 5.41) is 17.6. The average molecular weight is 382 g/mol. The first-order valence-electron chi connectivity index (χ1n) is 8.15. The van der Waals surface area contributed by atoms with Gasteiger partial charge in [-0.25, -0.2) is 0 Å². The minimum atomic E-state index is -1.38. The summed E-state index contributed by atoms with van der Waals surface area (Å²) in [6.07, 6.45) is -1.38. The van der Waals surface area contributed by atoms with E-state index in [0.717, 1.165) is 0 Å². The molecule has 1 unspecified atom stereocenters. The van der Waals surface area contributed by atoms with Gasteiger partial charge in [0.05, 0.1) is 12.0 Å². The van der Waals surface area contributed by atoms with E-state index in [1.54, 1.807) is 60.7 Å². The lowest BCUT2D eigenvalue weighted by atomic mass is 10.1. The summed E-state index contributed by atoms with van der Waals surface area (Å²) in [6.45, 7) is 0. The van der Waals surface area contributed by atoms with E-state index in [1.165, 1.54) is 18.4 Å². The lowest BCUT2D eigenvalue weighted by Gasteiger charge is -2.15. The van der Waals surface area contributed by atoms with Crippen LogP contribution < -0.4 is 15.4 Å². The second kappa shape index (κ2) is 8.48. The summed E-state index contributed by atoms with van der Waals surface area (Å²) in [7, 11) is 1.48. The molecule has 3 N–H and O–H groups in total. The Morgan fingerprint density at radius 2 is 1.74 bits per heavy atom. The van der Waals surface area contributed by atoms with Crippen LogP contribution in [0, 0.1) is 0 Å². The van der Waals surface area contributed by atoms with Gasteiger partial charge >= 0.3 is 0 Å². The van der Waals surface area contributed by atoms with Gasteiger partial charge in [-0.3, -0.25) is 9.59 Å². The van der Waals surface area contributed by atoms with E-state index < -0.39 is 12.0 Å². The largest absolute Gasteiger partial charge is 0.496 e. The van der Waals surface area contributed by atoms with Crippen LogP contribution in [0.1, 0.15) is 21.3 Å². The lowest BCUT2D eigenvalue weighted by Crippen LogP contribution is -2.21. The van der Waals surface area contributed by atoms with E-state index in [4.69, 9.17) is 4.74 Å². The standard InChI is InChI=1S/C20H18N2O4S/c1-26-16-9-3-2-8-15(16)18(23)20(25)22-14-7-4-6-13(12-14)21-19(24)17-10-5-11-27-17/h2-12,18,23H,1H3,(H,21,24)(H,22,25). The number of ether oxygens (including phenoxy) is 1. The molecule has 1 atom stereocenters. The van der Waals surface area contributed by atoms with E-state index in [0.29, 0.717) is 27.6 Å². The molecular formula is C20H18N2O4S. The summed E-state index contributed by atoms with van der Waals surface area (Å²) < 4.78 is 5.18. The number of thiophene rings is 1. The van der Waals surface area contributed by atoms with Crippen molar-refractivity contribution in [1.82, 2.24) is 0 Å². The quantitative estimate of drug-likeness (QED) is 0.607. The predicted octanol–water partition coefficient (Wildman–Crippen LogP) is 3.68. The Hall–Kier alpha value is -3.16. The van der Waals surface area contributed by atoms with Gasteiger partial charge in [-0.05, 0) is 35.7 Å². The van der Waals surface area contributed by atoms with Crippen molar-refractivity contribution in [3.8, 4) is 5.75 Å². The molecule has 2 amide bonds. The first-order valence-corrected chi connectivity index (χ1v) is 9.03. The number of rotatable bonds is 6. The number of aliphatic hydroxyl groups is 1. The molecule has 0 aliphatic carbocycles. The average Bonchev–Trinajstić information content (AvgIpc) is 3.22. The van der Waals surface area contributed by atoms with Gasteiger partial charge in [-0.2, -0.15) is 0 Å². The zero-order valence-corrected chi connectivity index (χ0v) is 15.3. The number of para-hydroxylation sites is 1. The fraction of sp³-hybridized carbons (Fsp3) is 0.100. The maximum atomic E-state index is 12.4. The molecule has 1 heterocycles. The van der Waals surface area contributed by atoms with Gasteiger partial charge in [-0.1, -0.05) is 30.3 Å². The van der Waals surface area contributed by atoms with Crippen LogP contribution in [0.5, 0.6) is 5.75 Å². The Kier molecular flexibility index (Phi) is 5.85. The Morgan fingerprint density at radius 1 is 1.00 bits per heavy atom. The molecule has 2 aromatic carbocycles. The molecule has 1 aromatic heterocycles. The summed E-state index contributed by atoms with van der Waals surface area (Å²) in [5.74, 6) is -0.388. The van der Waals surface area contributed by atoms with Gasteiger partial charge < -0.3 is 20.5 Å². The molecule has 0 bridgehead atoms. The van der Waals surface area contributed by atoms with Crippen LogP contribution in [-0.2, 0) is 4.79 Å². The third-order valence-corrected chi connectivity index (χ3v) is 4.68. The number of amides is 2. The normalized spacial score (nSPS) is 11.5. The molecule has 0 spiro atoms. The molecule has 7 heteroatoms. The molecular weight excluding hydrogens is 364 g/mol. The Labute approximate surface area is 160 Å². The molecule has 0 saturated carbocycles. The van der Waals surface area contributed by atoms with Crippen molar-refractivity contribution in [2.24, 2.45) is 0 Å². The van der Waals surface area contributed by atoms with Crippen molar-refractivity contribution < 1.29 is 19.4 Å². The molecule has 27 heavy (non-hydrogen) atoms. The van der Waals surface area contributed by atoms with Crippen molar-refractivity contribution in [3.05, 3.63) is 76.5 Å². The van der Waals surface area contributed by atoms with Gasteiger partial charge in [0.25, 0.3) is 11.8 Å². The summed E-state index contributed by atoms with van der Waals surface area (Å²) >= 11 is 1.34. The van der Waals surface area contributed by atoms with E-state index >= 15 is 0 Å². The minimum Gasteiger partial charge on any atom is -0.496 e. The van der Waals surface area contributed by atoms with Gasteiger partial charge in [-0.15, -0.1) is 11.3 Å². The van der Waals surface area contributed by atoms with Gasteiger partial charge in [0.1, 0.15) is 5.75 Å². The molecule has 0 aliphatic rings. The first-order chi connectivity index (χ1) is 13.1. The van der Waals surface area contributed by atoms with Crippen molar-refractivity contribution in [3.63, 3.8) is 0 Å². The highest BCUT2D eigenvalue weighted by Crippen LogP contribution is 2.26. The molecule has 6 nitrogen and oxygen atoms in total. The summed E-state index contributed by atoms with van der Waals surface area (Å²) in [4.78, 5) is 25.1. The number of hydrogen-bond donors (Lipinski definition) is 3. The Morgan fingerprint density at radius 3 is 2.44 bits per heavy atom. The number of hydrogen-bond acceptors (Lipinski definition) is 5. The molecule has 0 aliphatic heterocycles. The van der Waals surface area contributed by atoms with Crippen LogP contribution in [-0.4, -0.2) is 24.0 Å². The molecule has 0 fully saturated rings. The Bertz CT molecular complexity index is 941. The highest BCUT2D eigenvalue weighted by atomic mass is 32.1. The SMILES string of the molecule is COc1ccccc1C(O)C(=O)Nc1cccc(NC(=O)c2cccs2)c1. The number of aliphatic hydroxyl groups excluding tert-OH is 1. The van der Waals surface area contributed by atoms with Crippen molar-refractivity contribution in [2.75, 3.05) is 17.7 Å². The van der Waals surface area contributed by atoms with E-state index in [9.17, 15) is 14.7 Å². The molecule has 3 rings (SSSR count). The zero-order chi connectivity index (χ0) is 19.2. The second-order valence-corrected chi connectivity index (χ2v) is 6.59. The number of methoxy groups -OCH3 is 1. The van der Waals surface area contributed by atoms with Crippen LogP contribution >= 0.6 is 11.3 Å². The smallest absolute Gasteiger partial charge is 0.265 e. The fourth-order valence-electron chi connectivity index (χ4n) is 2.52. The van der Waals surface area contributed by atoms with Crippen LogP contribution in [0.15, 0.2) is 66.0 Å². The third kappa shape index (κ3) is 4.52. The van der Waals surface area contributed by atoms with Crippen molar-refractivity contribution in [1.29, 1.82) is 0 Å². The lowest BCUT2D eigenvalue weighted by molar-refractivity contribution is -0.124. The first kappa shape index (κ1) is 18.6. The number of nitrogens with one attached hydrogen (secondary N) is 2. The zero-order valence-electron chi connectivity index (χ0n) is 14.5. The highest BCUT2D eigenvalue weighted by molar-refractivity contribution is 7.12. The minimum absolute atomic E-state index is 0.220. The number of benzene rings is 2. The molecule has 3 aromatic rings. The van der Waals surface area contributed by atoms with Gasteiger partial charge in [0.15, 0.2) is 6.10 Å². The van der Waals surface area contributed by atoms with Crippen LogP contribution in [0.2, 0.25) is 0 Å². The van der Waals surface area contributed by atoms with Gasteiger partial charge in [0, 0.05) is 16.9 Å². The monoisotopic (exact) mass is 382 g/mol. The second-order valence-electron chi connectivity index (χ2n) is 5.65. The fourth-order valence-corrected chi connectivity index (χ4v) is 3.14. The topological polar surface area (TPSA) is 87.7 Å². The molecule has 0 radical (unpaired) electrons. The molecule has 138 valence electrons. The molecule has 0 saturated heterocycles. The Balaban J connectivity index is 1.70. The number of carbonyl (C=O) groups excluding carboxylic acids is 2. The van der Waals surface area contributed by atoms with Crippen LogP contribution in [0.25, 0.3) is 0 Å². The summed E-state index contributed by atoms with van der Waals surface area (Å²) in [5.41, 5.74) is 1.37. The van der Waals surface area contributed by atoms with E-state index in [1.807, 2.05) is 5.38 Å². The predicted molar refractivity (Wildman–Crippen MR) is 105 cm³/mol. The van der Waals surface area contributed by atoms with Crippen molar-refractivity contribution >= 4 is 34.5 Å². The maximum absolute atomic E-state index is 12.4. The third-order valence-electron chi connectivity index (χ3n) is 3.81. The summed E-state index contributed by atoms with van der Waals surface area (Å²) in [6, 6.07) is 17.0. The van der Waals surface area contributed by atoms with E-state index in [2.05, 4.69) is 10.6 Å². The van der Waals surface area contributed by atoms with Crippen LogP contribution in [0.3, 0.4) is 0 Å². The van der Waals surface area contributed by atoms with Crippen molar-refractivity contribution in [2.45, 2.75) is 6.10 Å². The number of anilines is 2. The van der Waals surface area contributed by atoms with E-state index in [-0.39, 0.29) is 5.91 Å². The van der Waals surface area contributed by atoms with Crippen LogP contribution in [0.4, 0.5) is 11.4 Å². The number of carbonyl (C=O) groups is 2. The van der Waals surface area contributed by atoms with Gasteiger partial charge in [0.2, 0.25) is 0 Å². The highest BCUT2D eigenvalue weighted by Gasteiger charge is 2.21. The maximum Gasteiger partial charge on any atom is 0.265 e.